The molecule has 0 aromatic heterocycles. The van der Waals surface area contributed by atoms with Crippen LogP contribution in [0.1, 0.15) is 40.5 Å². The average Bonchev–Trinajstić information content (AvgIpc) is 3.31. The van der Waals surface area contributed by atoms with Gasteiger partial charge in [-0.05, 0) is 67.4 Å². The lowest BCUT2D eigenvalue weighted by Gasteiger charge is -2.45. The average molecular weight is 529 g/mol. The van der Waals surface area contributed by atoms with Crippen LogP contribution in [0.15, 0.2) is 76.4 Å². The summed E-state index contributed by atoms with van der Waals surface area (Å²) in [6, 6.07) is -0.301. The van der Waals surface area contributed by atoms with Gasteiger partial charge in [0.15, 0.2) is 11.6 Å². The van der Waals surface area contributed by atoms with Gasteiger partial charge in [0.05, 0.1) is 17.7 Å². The van der Waals surface area contributed by atoms with E-state index in [9.17, 15) is 19.5 Å². The molecule has 10 atom stereocenters. The van der Waals surface area contributed by atoms with E-state index in [4.69, 9.17) is 4.74 Å². The third-order valence-corrected chi connectivity index (χ3v) is 9.94. The second-order valence-corrected chi connectivity index (χ2v) is 12.2. The summed E-state index contributed by atoms with van der Waals surface area (Å²) in [5, 5.41) is 13.8. The Labute approximate surface area is 229 Å². The Hall–Kier alpha value is -3.16. The van der Waals surface area contributed by atoms with Crippen LogP contribution in [0, 0.1) is 29.1 Å². The number of hydrogen-bond donors (Lipinski definition) is 2. The summed E-state index contributed by atoms with van der Waals surface area (Å²) >= 11 is 0. The Bertz CT molecular complexity index is 1350. The number of rotatable bonds is 2. The molecule has 2 N–H and O–H groups in total. The van der Waals surface area contributed by atoms with Gasteiger partial charge in [-0.2, -0.15) is 0 Å². The number of aliphatic hydroxyl groups is 1. The molecule has 3 aliphatic carbocycles. The highest BCUT2D eigenvalue weighted by Crippen LogP contribution is 2.66. The first-order valence-corrected chi connectivity index (χ1v) is 14.0. The maximum absolute atomic E-state index is 14.2. The van der Waals surface area contributed by atoms with Crippen LogP contribution in [0.3, 0.4) is 0 Å². The van der Waals surface area contributed by atoms with Gasteiger partial charge in [0.1, 0.15) is 11.5 Å². The quantitative estimate of drug-likeness (QED) is 0.325. The number of hydrogen-bond acceptors (Lipinski definition) is 6. The van der Waals surface area contributed by atoms with Crippen LogP contribution in [0.25, 0.3) is 0 Å². The highest BCUT2D eigenvalue weighted by Gasteiger charge is 2.78. The maximum atomic E-state index is 14.2. The molecular weight excluding hydrogens is 492 g/mol. The molecular formula is C32H36N2O5. The van der Waals surface area contributed by atoms with E-state index in [1.165, 1.54) is 6.08 Å². The van der Waals surface area contributed by atoms with Gasteiger partial charge in [-0.3, -0.25) is 19.4 Å². The van der Waals surface area contributed by atoms with E-state index in [0.29, 0.717) is 18.4 Å². The maximum Gasteiger partial charge on any atom is 0.235 e. The summed E-state index contributed by atoms with van der Waals surface area (Å²) in [5.74, 6) is -2.13. The molecule has 7 heteroatoms. The molecule has 1 spiro atoms. The van der Waals surface area contributed by atoms with Crippen molar-refractivity contribution in [1.82, 2.24) is 5.32 Å². The van der Waals surface area contributed by atoms with Crippen molar-refractivity contribution >= 4 is 23.7 Å². The fourth-order valence-corrected chi connectivity index (χ4v) is 7.73. The van der Waals surface area contributed by atoms with E-state index < -0.39 is 34.6 Å². The fraction of sp³-hybridized carbons (Fsp3) is 0.500. The lowest BCUT2D eigenvalue weighted by Crippen LogP contribution is -2.57. The van der Waals surface area contributed by atoms with E-state index >= 15 is 0 Å². The molecule has 3 fully saturated rings. The summed E-state index contributed by atoms with van der Waals surface area (Å²) in [6.45, 7) is 7.90. The van der Waals surface area contributed by atoms with Crippen LogP contribution in [0.5, 0.6) is 0 Å². The largest absolute Gasteiger partial charge is 0.381 e. The minimum absolute atomic E-state index is 0.00414. The van der Waals surface area contributed by atoms with Gasteiger partial charge in [0, 0.05) is 24.1 Å². The molecule has 0 bridgehead atoms. The molecule has 3 aliphatic heterocycles. The third-order valence-electron chi connectivity index (χ3n) is 9.94. The van der Waals surface area contributed by atoms with E-state index in [-0.39, 0.29) is 41.8 Å². The number of ether oxygens (including phenoxy) is 1. The molecule has 1 saturated carbocycles. The molecule has 3 heterocycles. The van der Waals surface area contributed by atoms with Crippen molar-refractivity contribution in [2.45, 2.75) is 70.4 Å². The summed E-state index contributed by atoms with van der Waals surface area (Å²) in [7, 11) is 0. The fourth-order valence-electron chi connectivity index (χ4n) is 7.73. The minimum atomic E-state index is -1.41. The molecule has 1 amide bonds. The van der Waals surface area contributed by atoms with Gasteiger partial charge in [0.25, 0.3) is 0 Å². The van der Waals surface area contributed by atoms with Gasteiger partial charge in [0.2, 0.25) is 5.91 Å². The van der Waals surface area contributed by atoms with Crippen molar-refractivity contribution < 1.29 is 24.2 Å². The summed E-state index contributed by atoms with van der Waals surface area (Å²) in [5.41, 5.74) is 0.876. The predicted octanol–water partition coefficient (Wildman–Crippen LogP) is 3.37. The van der Waals surface area contributed by atoms with Gasteiger partial charge in [-0.25, -0.2) is 0 Å². The van der Waals surface area contributed by atoms with Gasteiger partial charge in [-0.15, -0.1) is 0 Å². The number of nitrogens with one attached hydrogen (secondary N) is 1. The van der Waals surface area contributed by atoms with Crippen LogP contribution in [0.2, 0.25) is 0 Å². The number of carbonyl (C=O) groups is 3. The van der Waals surface area contributed by atoms with Crippen LogP contribution < -0.4 is 5.32 Å². The lowest BCUT2D eigenvalue weighted by atomic mass is 9.51. The number of fused-ring (bicyclic) bond motifs is 3. The standard InChI is InChI=1S/C32H36N2O5/c1-17-8-7-10-22-29-31(4,39-29)19(3)27-24(15-20-16-33-23-11-6-5-9-21(20)23)34-30(38)32(22,27)26(36)13-12-25(35)28(37)18(2)14-17/h5-7,9-14,16-17,19,22-24,27-29,37H,8,15H2,1-4H3,(H,34,38)/b10-7-,13-12-,18-14-/t17-,19-,22-,23?,24-,27-,28+,29-,31+,32+/m0/s1. The molecule has 6 rings (SSSR count). The normalized spacial score (nSPS) is 47.5. The third kappa shape index (κ3) is 3.85. The smallest absolute Gasteiger partial charge is 0.235 e. The Kier molecular flexibility index (Phi) is 6.16. The number of aliphatic imine (C=N–C) groups is 1. The Morgan fingerprint density at radius 1 is 1.13 bits per heavy atom. The second-order valence-electron chi connectivity index (χ2n) is 12.2. The molecule has 204 valence electrons. The first-order valence-electron chi connectivity index (χ1n) is 14.0. The Balaban J connectivity index is 1.45. The van der Waals surface area contributed by atoms with Crippen molar-refractivity contribution in [3.63, 3.8) is 0 Å². The molecule has 7 nitrogen and oxygen atoms in total. The highest BCUT2D eigenvalue weighted by molar-refractivity contribution is 6.15. The van der Waals surface area contributed by atoms with Crippen molar-refractivity contribution in [3.8, 4) is 0 Å². The van der Waals surface area contributed by atoms with Gasteiger partial charge >= 0.3 is 0 Å². The summed E-state index contributed by atoms with van der Waals surface area (Å²) in [4.78, 5) is 45.8. The lowest BCUT2D eigenvalue weighted by molar-refractivity contribution is -0.145. The summed E-state index contributed by atoms with van der Waals surface area (Å²) < 4.78 is 6.33. The second kappa shape index (κ2) is 9.20. The van der Waals surface area contributed by atoms with Crippen LogP contribution in [-0.4, -0.2) is 58.7 Å². The first kappa shape index (κ1) is 26.1. The topological polar surface area (TPSA) is 108 Å². The SMILES string of the molecule is C/C1=C/[C@@H](C)C/C=C\[C@H]2[C@@H]3O[C@]3(C)[C@@H](C)[C@H]3[C@H](CC4=C5C=CC=CC5N=C4)NC(=O)[C@]32C(=O)/C=C\C(=O)[C@@H]1O. The number of allylic oxidation sites excluding steroid dienone is 5. The first-order chi connectivity index (χ1) is 18.6. The molecule has 6 aliphatic rings. The van der Waals surface area contributed by atoms with Crippen molar-refractivity contribution in [2.24, 2.45) is 34.1 Å². The monoisotopic (exact) mass is 528 g/mol. The number of ketones is 2. The summed E-state index contributed by atoms with van der Waals surface area (Å²) in [6.07, 6.45) is 17.9. The van der Waals surface area contributed by atoms with E-state index in [2.05, 4.69) is 30.2 Å². The molecule has 0 radical (unpaired) electrons. The number of epoxide rings is 1. The molecule has 0 aromatic carbocycles. The Morgan fingerprint density at radius 3 is 2.72 bits per heavy atom. The van der Waals surface area contributed by atoms with Gasteiger partial charge < -0.3 is 15.2 Å². The number of amides is 1. The molecule has 1 unspecified atom stereocenters. The zero-order chi connectivity index (χ0) is 27.7. The molecule has 2 saturated heterocycles. The number of nitrogens with zero attached hydrogens (tertiary/aromatic N) is 1. The van der Waals surface area contributed by atoms with E-state index in [0.717, 1.165) is 17.2 Å². The van der Waals surface area contributed by atoms with Crippen LogP contribution in [-0.2, 0) is 19.1 Å². The van der Waals surface area contributed by atoms with Crippen LogP contribution in [0.4, 0.5) is 0 Å². The number of aliphatic hydroxyl groups excluding tert-OH is 1. The zero-order valence-electron chi connectivity index (χ0n) is 22.8. The number of carbonyl (C=O) groups excluding carboxylic acids is 3. The van der Waals surface area contributed by atoms with E-state index in [1.807, 2.05) is 49.6 Å². The molecule has 39 heavy (non-hydrogen) atoms. The molecule has 0 aromatic rings. The van der Waals surface area contributed by atoms with Gasteiger partial charge in [-0.1, -0.05) is 56.4 Å². The van der Waals surface area contributed by atoms with Crippen molar-refractivity contribution in [1.29, 1.82) is 0 Å². The predicted molar refractivity (Wildman–Crippen MR) is 148 cm³/mol. The van der Waals surface area contributed by atoms with Crippen molar-refractivity contribution in [2.75, 3.05) is 0 Å². The Morgan fingerprint density at radius 2 is 1.92 bits per heavy atom. The van der Waals surface area contributed by atoms with E-state index in [1.54, 1.807) is 6.92 Å². The van der Waals surface area contributed by atoms with Crippen LogP contribution >= 0.6 is 0 Å². The zero-order valence-corrected chi connectivity index (χ0v) is 22.8. The highest BCUT2D eigenvalue weighted by atomic mass is 16.6. The van der Waals surface area contributed by atoms with Crippen molar-refractivity contribution in [3.05, 3.63) is 71.4 Å². The minimum Gasteiger partial charge on any atom is -0.381 e.